The Morgan fingerprint density at radius 3 is 2.29 bits per heavy atom. The molecule has 4 aromatic carbocycles. The zero-order chi connectivity index (χ0) is 27.1. The second-order valence-electron chi connectivity index (χ2n) is 8.21. The highest BCUT2D eigenvalue weighted by molar-refractivity contribution is 7.92. The molecule has 0 aliphatic carbocycles. The quantitative estimate of drug-likeness (QED) is 0.285. The molecule has 198 valence electrons. The number of benzene rings is 4. The van der Waals surface area contributed by atoms with Crippen molar-refractivity contribution in [2.45, 2.75) is 4.90 Å². The molecule has 0 aliphatic rings. The third-order valence-corrected chi connectivity index (χ3v) is 7.53. The number of carbonyl (C=O) groups is 1. The summed E-state index contributed by atoms with van der Waals surface area (Å²) in [6.45, 7) is -0.194. The molecule has 0 spiro atoms. The Kier molecular flexibility index (Phi) is 8.32. The van der Waals surface area contributed by atoms with Crippen molar-refractivity contribution < 1.29 is 31.8 Å². The maximum atomic E-state index is 13.6. The van der Waals surface area contributed by atoms with E-state index in [4.69, 9.17) is 14.2 Å². The highest BCUT2D eigenvalue weighted by Crippen LogP contribution is 2.32. The van der Waals surface area contributed by atoms with Crippen molar-refractivity contribution in [3.05, 3.63) is 90.7 Å². The number of carbonyl (C=O) groups excluding carboxylic acids is 1. The number of fused-ring (bicyclic) bond motifs is 1. The van der Waals surface area contributed by atoms with Crippen molar-refractivity contribution in [1.29, 1.82) is 0 Å². The third-order valence-electron chi connectivity index (χ3n) is 5.76. The SMILES string of the molecule is COc1ccc(S(=O)(=O)N(CC(=O)NCCOc2ccc3ccccc3c2)c2ccc(F)cc2)cc1OC. The maximum absolute atomic E-state index is 13.6. The first-order chi connectivity index (χ1) is 18.3. The van der Waals surface area contributed by atoms with Crippen molar-refractivity contribution in [2.24, 2.45) is 0 Å². The van der Waals surface area contributed by atoms with Crippen LogP contribution in [0.15, 0.2) is 89.8 Å². The van der Waals surface area contributed by atoms with Gasteiger partial charge in [0.2, 0.25) is 5.91 Å². The lowest BCUT2D eigenvalue weighted by atomic mass is 10.1. The van der Waals surface area contributed by atoms with Crippen LogP contribution in [0.25, 0.3) is 10.8 Å². The van der Waals surface area contributed by atoms with E-state index in [0.29, 0.717) is 11.5 Å². The summed E-state index contributed by atoms with van der Waals surface area (Å²) >= 11 is 0. The molecular weight excluding hydrogens is 511 g/mol. The minimum atomic E-state index is -4.23. The van der Waals surface area contributed by atoms with Crippen molar-refractivity contribution in [1.82, 2.24) is 5.32 Å². The van der Waals surface area contributed by atoms with Gasteiger partial charge in [0, 0.05) is 6.07 Å². The van der Waals surface area contributed by atoms with E-state index in [1.54, 1.807) is 0 Å². The van der Waals surface area contributed by atoms with Crippen molar-refractivity contribution >= 4 is 32.4 Å². The van der Waals surface area contributed by atoms with Crippen LogP contribution in [-0.4, -0.2) is 48.2 Å². The minimum absolute atomic E-state index is 0.119. The number of amides is 1. The Labute approximate surface area is 220 Å². The number of ether oxygens (including phenoxy) is 3. The maximum Gasteiger partial charge on any atom is 0.264 e. The van der Waals surface area contributed by atoms with E-state index in [1.165, 1.54) is 44.6 Å². The highest BCUT2D eigenvalue weighted by Gasteiger charge is 2.28. The molecule has 0 fully saturated rings. The molecule has 0 bridgehead atoms. The summed E-state index contributed by atoms with van der Waals surface area (Å²) in [5.74, 6) is 0.127. The first-order valence-electron chi connectivity index (χ1n) is 11.7. The summed E-state index contributed by atoms with van der Waals surface area (Å²) in [5.41, 5.74) is 0.128. The number of sulfonamides is 1. The molecule has 0 radical (unpaired) electrons. The third kappa shape index (κ3) is 6.15. The van der Waals surface area contributed by atoms with Gasteiger partial charge in [0.15, 0.2) is 11.5 Å². The number of halogens is 1. The average molecular weight is 539 g/mol. The summed E-state index contributed by atoms with van der Waals surface area (Å²) in [6, 6.07) is 22.5. The van der Waals surface area contributed by atoms with Gasteiger partial charge in [-0.3, -0.25) is 9.10 Å². The Balaban J connectivity index is 1.46. The fraction of sp³-hybridized carbons (Fsp3) is 0.179. The number of nitrogens with zero attached hydrogens (tertiary/aromatic N) is 1. The lowest BCUT2D eigenvalue weighted by Gasteiger charge is -2.24. The number of nitrogens with one attached hydrogen (secondary N) is 1. The molecule has 1 N–H and O–H groups in total. The van der Waals surface area contributed by atoms with Crippen LogP contribution >= 0.6 is 0 Å². The number of hydrogen-bond acceptors (Lipinski definition) is 6. The van der Waals surface area contributed by atoms with E-state index in [-0.39, 0.29) is 29.5 Å². The van der Waals surface area contributed by atoms with Gasteiger partial charge in [-0.1, -0.05) is 30.3 Å². The topological polar surface area (TPSA) is 94.2 Å². The van der Waals surface area contributed by atoms with Gasteiger partial charge in [0.05, 0.1) is 31.3 Å². The molecule has 4 aromatic rings. The second-order valence-corrected chi connectivity index (χ2v) is 10.1. The first kappa shape index (κ1) is 26.7. The summed E-state index contributed by atoms with van der Waals surface area (Å²) in [6.07, 6.45) is 0. The van der Waals surface area contributed by atoms with Gasteiger partial charge in [-0.05, 0) is 59.3 Å². The monoisotopic (exact) mass is 538 g/mol. The predicted molar refractivity (Wildman–Crippen MR) is 143 cm³/mol. The molecule has 8 nitrogen and oxygen atoms in total. The minimum Gasteiger partial charge on any atom is -0.493 e. The lowest BCUT2D eigenvalue weighted by molar-refractivity contribution is -0.119. The van der Waals surface area contributed by atoms with E-state index in [9.17, 15) is 17.6 Å². The number of rotatable bonds is 11. The Bertz CT molecular complexity index is 1530. The van der Waals surface area contributed by atoms with E-state index in [1.807, 2.05) is 42.5 Å². The molecule has 0 heterocycles. The fourth-order valence-corrected chi connectivity index (χ4v) is 5.27. The van der Waals surface area contributed by atoms with Crippen LogP contribution in [0.3, 0.4) is 0 Å². The fourth-order valence-electron chi connectivity index (χ4n) is 3.83. The van der Waals surface area contributed by atoms with Crippen molar-refractivity contribution in [3.8, 4) is 17.2 Å². The van der Waals surface area contributed by atoms with Crippen molar-refractivity contribution in [3.63, 3.8) is 0 Å². The molecule has 0 aliphatic heterocycles. The van der Waals surface area contributed by atoms with Gasteiger partial charge >= 0.3 is 0 Å². The standard InChI is InChI=1S/C28H27FN2O6S/c1-35-26-14-13-25(18-27(26)36-2)38(33,34)31(23-10-8-22(29)9-11-23)19-28(32)30-15-16-37-24-12-7-20-5-3-4-6-21(20)17-24/h3-14,17-18H,15-16,19H2,1-2H3,(H,30,32). The van der Waals surface area contributed by atoms with Gasteiger partial charge < -0.3 is 19.5 Å². The lowest BCUT2D eigenvalue weighted by Crippen LogP contribution is -2.42. The van der Waals surface area contributed by atoms with E-state index < -0.39 is 28.3 Å². The molecular formula is C28H27FN2O6S. The summed E-state index contributed by atoms with van der Waals surface area (Å²) in [7, 11) is -1.41. The van der Waals surface area contributed by atoms with Crippen LogP contribution in [0.4, 0.5) is 10.1 Å². The largest absolute Gasteiger partial charge is 0.493 e. The first-order valence-corrected chi connectivity index (χ1v) is 13.1. The smallest absolute Gasteiger partial charge is 0.264 e. The molecule has 0 atom stereocenters. The van der Waals surface area contributed by atoms with E-state index >= 15 is 0 Å². The Hall–Kier alpha value is -4.31. The molecule has 0 saturated carbocycles. The van der Waals surface area contributed by atoms with Crippen LogP contribution in [0.2, 0.25) is 0 Å². The summed E-state index contributed by atoms with van der Waals surface area (Å²) in [5, 5.41) is 4.80. The molecule has 38 heavy (non-hydrogen) atoms. The number of methoxy groups -OCH3 is 2. The summed E-state index contributed by atoms with van der Waals surface area (Å²) in [4.78, 5) is 12.7. The van der Waals surface area contributed by atoms with Crippen LogP contribution in [0, 0.1) is 5.82 Å². The zero-order valence-electron chi connectivity index (χ0n) is 20.9. The van der Waals surface area contributed by atoms with E-state index in [2.05, 4.69) is 5.32 Å². The van der Waals surface area contributed by atoms with Crippen LogP contribution in [0.5, 0.6) is 17.2 Å². The highest BCUT2D eigenvalue weighted by atomic mass is 32.2. The second kappa shape index (κ2) is 11.8. The molecule has 0 saturated heterocycles. The number of anilines is 1. The van der Waals surface area contributed by atoms with E-state index in [0.717, 1.165) is 27.2 Å². The average Bonchev–Trinajstić information content (AvgIpc) is 2.94. The molecule has 0 unspecified atom stereocenters. The Morgan fingerprint density at radius 1 is 0.868 bits per heavy atom. The normalized spacial score (nSPS) is 11.1. The Morgan fingerprint density at radius 2 is 1.58 bits per heavy atom. The van der Waals surface area contributed by atoms with Gasteiger partial charge in [-0.2, -0.15) is 0 Å². The summed E-state index contributed by atoms with van der Waals surface area (Å²) < 4.78 is 57.8. The van der Waals surface area contributed by atoms with Crippen molar-refractivity contribution in [2.75, 3.05) is 38.2 Å². The zero-order valence-corrected chi connectivity index (χ0v) is 21.7. The van der Waals surface area contributed by atoms with Crippen LogP contribution < -0.4 is 23.8 Å². The van der Waals surface area contributed by atoms with Gasteiger partial charge in [-0.25, -0.2) is 12.8 Å². The predicted octanol–water partition coefficient (Wildman–Crippen LogP) is 4.39. The van der Waals surface area contributed by atoms with Crippen LogP contribution in [-0.2, 0) is 14.8 Å². The van der Waals surface area contributed by atoms with Gasteiger partial charge in [0.1, 0.15) is 24.7 Å². The van der Waals surface area contributed by atoms with Gasteiger partial charge in [-0.15, -0.1) is 0 Å². The van der Waals surface area contributed by atoms with Crippen LogP contribution in [0.1, 0.15) is 0 Å². The molecule has 1 amide bonds. The van der Waals surface area contributed by atoms with Gasteiger partial charge in [0.25, 0.3) is 10.0 Å². The molecule has 4 rings (SSSR count). The molecule has 10 heteroatoms. The molecule has 0 aromatic heterocycles. The number of hydrogen-bond donors (Lipinski definition) is 1.